The van der Waals surface area contributed by atoms with Crippen LogP contribution in [0, 0.1) is 6.92 Å². The molecule has 0 fully saturated rings. The third-order valence-corrected chi connectivity index (χ3v) is 4.29. The van der Waals surface area contributed by atoms with Crippen molar-refractivity contribution in [3.05, 3.63) is 45.9 Å². The average Bonchev–Trinajstić information content (AvgIpc) is 2.84. The first kappa shape index (κ1) is 15.0. The van der Waals surface area contributed by atoms with E-state index in [1.165, 1.54) is 11.3 Å². The first-order chi connectivity index (χ1) is 9.58. The lowest BCUT2D eigenvalue weighted by molar-refractivity contribution is 0.646. The van der Waals surface area contributed by atoms with Gasteiger partial charge in [0.05, 0.1) is 17.2 Å². The summed E-state index contributed by atoms with van der Waals surface area (Å²) in [7, 11) is 2.10. The molecule has 2 aromatic rings. The molecular weight excluding hydrogens is 266 g/mol. The van der Waals surface area contributed by atoms with Crippen molar-refractivity contribution >= 4 is 17.0 Å². The molecule has 0 saturated carbocycles. The summed E-state index contributed by atoms with van der Waals surface area (Å²) in [5.41, 5.74) is 9.64. The summed E-state index contributed by atoms with van der Waals surface area (Å²) in [4.78, 5) is 6.72. The lowest BCUT2D eigenvalue weighted by Crippen LogP contribution is -2.21. The molecule has 0 aliphatic heterocycles. The lowest BCUT2D eigenvalue weighted by atomic mass is 10.0. The highest BCUT2D eigenvalue weighted by molar-refractivity contribution is 7.09. The van der Waals surface area contributed by atoms with E-state index in [2.05, 4.69) is 53.5 Å². The molecule has 0 bridgehead atoms. The standard InChI is InChI=1S/C16H23N3S/c1-4-14(17)9-13-5-7-16(8-6-13)19(3)10-15-11-20-12(2)18-15/h5-8,11,14H,4,9-10,17H2,1-3H3. The molecular formula is C16H23N3S. The van der Waals surface area contributed by atoms with Crippen LogP contribution >= 0.6 is 11.3 Å². The van der Waals surface area contributed by atoms with Crippen LogP contribution in [0.5, 0.6) is 0 Å². The largest absolute Gasteiger partial charge is 0.369 e. The minimum atomic E-state index is 0.261. The lowest BCUT2D eigenvalue weighted by Gasteiger charge is -2.18. The Morgan fingerprint density at radius 3 is 2.55 bits per heavy atom. The molecule has 0 aliphatic carbocycles. The molecule has 0 spiro atoms. The zero-order valence-electron chi connectivity index (χ0n) is 12.5. The highest BCUT2D eigenvalue weighted by Gasteiger charge is 2.06. The molecule has 3 nitrogen and oxygen atoms in total. The monoisotopic (exact) mass is 289 g/mol. The van der Waals surface area contributed by atoms with Gasteiger partial charge in [-0.3, -0.25) is 0 Å². The van der Waals surface area contributed by atoms with Crippen molar-refractivity contribution in [2.75, 3.05) is 11.9 Å². The number of hydrogen-bond donors (Lipinski definition) is 1. The van der Waals surface area contributed by atoms with Gasteiger partial charge in [0.2, 0.25) is 0 Å². The Kier molecular flexibility index (Phi) is 5.15. The highest BCUT2D eigenvalue weighted by Crippen LogP contribution is 2.18. The van der Waals surface area contributed by atoms with Crippen LogP contribution in [0.2, 0.25) is 0 Å². The van der Waals surface area contributed by atoms with Crippen LogP contribution in [-0.4, -0.2) is 18.1 Å². The van der Waals surface area contributed by atoms with Crippen LogP contribution < -0.4 is 10.6 Å². The maximum absolute atomic E-state index is 5.99. The van der Waals surface area contributed by atoms with Crippen molar-refractivity contribution < 1.29 is 0 Å². The molecule has 0 radical (unpaired) electrons. The molecule has 1 aromatic carbocycles. The van der Waals surface area contributed by atoms with Gasteiger partial charge in [0.15, 0.2) is 0 Å². The second-order valence-electron chi connectivity index (χ2n) is 5.25. The fourth-order valence-corrected chi connectivity index (χ4v) is 2.75. The Labute approximate surface area is 125 Å². The predicted molar refractivity (Wildman–Crippen MR) is 87.4 cm³/mol. The van der Waals surface area contributed by atoms with Gasteiger partial charge in [-0.1, -0.05) is 19.1 Å². The van der Waals surface area contributed by atoms with Crippen LogP contribution in [0.3, 0.4) is 0 Å². The zero-order valence-corrected chi connectivity index (χ0v) is 13.3. The second kappa shape index (κ2) is 6.86. The van der Waals surface area contributed by atoms with Gasteiger partial charge >= 0.3 is 0 Å². The molecule has 0 aliphatic rings. The van der Waals surface area contributed by atoms with Crippen LogP contribution in [-0.2, 0) is 13.0 Å². The molecule has 2 N–H and O–H groups in total. The van der Waals surface area contributed by atoms with Gasteiger partial charge in [-0.25, -0.2) is 4.98 Å². The summed E-state index contributed by atoms with van der Waals surface area (Å²) in [5.74, 6) is 0. The van der Waals surface area contributed by atoms with Crippen molar-refractivity contribution in [2.24, 2.45) is 5.73 Å². The second-order valence-corrected chi connectivity index (χ2v) is 6.32. The van der Waals surface area contributed by atoms with Crippen LogP contribution in [0.4, 0.5) is 5.69 Å². The fraction of sp³-hybridized carbons (Fsp3) is 0.438. The molecule has 1 heterocycles. The van der Waals surface area contributed by atoms with E-state index in [9.17, 15) is 0 Å². The van der Waals surface area contributed by atoms with E-state index < -0.39 is 0 Å². The van der Waals surface area contributed by atoms with Crippen molar-refractivity contribution in [3.8, 4) is 0 Å². The van der Waals surface area contributed by atoms with E-state index in [0.717, 1.165) is 30.1 Å². The van der Waals surface area contributed by atoms with Gasteiger partial charge in [0.1, 0.15) is 0 Å². The summed E-state index contributed by atoms with van der Waals surface area (Å²) in [6.07, 6.45) is 1.97. The summed E-state index contributed by atoms with van der Waals surface area (Å²) in [6.45, 7) is 5.01. The number of benzene rings is 1. The summed E-state index contributed by atoms with van der Waals surface area (Å²) < 4.78 is 0. The normalized spacial score (nSPS) is 12.4. The third kappa shape index (κ3) is 4.05. The zero-order chi connectivity index (χ0) is 14.5. The number of nitrogens with two attached hydrogens (primary N) is 1. The first-order valence-electron chi connectivity index (χ1n) is 7.05. The quantitative estimate of drug-likeness (QED) is 0.886. The Bertz CT molecular complexity index is 533. The van der Waals surface area contributed by atoms with Gasteiger partial charge < -0.3 is 10.6 Å². The van der Waals surface area contributed by atoms with Crippen LogP contribution in [0.25, 0.3) is 0 Å². The fourth-order valence-electron chi connectivity index (χ4n) is 2.15. The smallest absolute Gasteiger partial charge is 0.0898 e. The summed E-state index contributed by atoms with van der Waals surface area (Å²) in [5, 5.41) is 3.25. The van der Waals surface area contributed by atoms with Gasteiger partial charge in [-0.15, -0.1) is 11.3 Å². The maximum atomic E-state index is 5.99. The molecule has 20 heavy (non-hydrogen) atoms. The topological polar surface area (TPSA) is 42.1 Å². The van der Waals surface area contributed by atoms with Crippen LogP contribution in [0.1, 0.15) is 29.6 Å². The highest BCUT2D eigenvalue weighted by atomic mass is 32.1. The number of anilines is 1. The number of nitrogens with zero attached hydrogens (tertiary/aromatic N) is 2. The number of thiazole rings is 1. The molecule has 1 aromatic heterocycles. The van der Waals surface area contributed by atoms with E-state index in [1.807, 2.05) is 6.92 Å². The molecule has 0 amide bonds. The van der Waals surface area contributed by atoms with Crippen molar-refractivity contribution in [3.63, 3.8) is 0 Å². The van der Waals surface area contributed by atoms with E-state index in [4.69, 9.17) is 5.73 Å². The van der Waals surface area contributed by atoms with Crippen molar-refractivity contribution in [2.45, 2.75) is 39.3 Å². The SMILES string of the molecule is CCC(N)Cc1ccc(N(C)Cc2csc(C)n2)cc1. The van der Waals surface area contributed by atoms with Crippen molar-refractivity contribution in [1.82, 2.24) is 4.98 Å². The molecule has 1 atom stereocenters. The Balaban J connectivity index is 1.98. The first-order valence-corrected chi connectivity index (χ1v) is 7.93. The third-order valence-electron chi connectivity index (χ3n) is 3.47. The van der Waals surface area contributed by atoms with Gasteiger partial charge in [0.25, 0.3) is 0 Å². The maximum Gasteiger partial charge on any atom is 0.0898 e. The molecule has 108 valence electrons. The molecule has 0 saturated heterocycles. The van der Waals surface area contributed by atoms with E-state index >= 15 is 0 Å². The Morgan fingerprint density at radius 2 is 2.00 bits per heavy atom. The summed E-state index contributed by atoms with van der Waals surface area (Å²) >= 11 is 1.70. The Morgan fingerprint density at radius 1 is 1.30 bits per heavy atom. The summed E-state index contributed by atoms with van der Waals surface area (Å²) in [6, 6.07) is 8.94. The van der Waals surface area contributed by atoms with E-state index in [0.29, 0.717) is 0 Å². The number of hydrogen-bond acceptors (Lipinski definition) is 4. The Hall–Kier alpha value is -1.39. The molecule has 2 rings (SSSR count). The minimum Gasteiger partial charge on any atom is -0.369 e. The molecule has 4 heteroatoms. The number of aromatic nitrogens is 1. The van der Waals surface area contributed by atoms with Gasteiger partial charge in [-0.2, -0.15) is 0 Å². The van der Waals surface area contributed by atoms with Gasteiger partial charge in [-0.05, 0) is 37.5 Å². The number of rotatable bonds is 6. The van der Waals surface area contributed by atoms with E-state index in [1.54, 1.807) is 11.3 Å². The predicted octanol–water partition coefficient (Wildman–Crippen LogP) is 3.37. The van der Waals surface area contributed by atoms with E-state index in [-0.39, 0.29) is 6.04 Å². The molecule has 1 unspecified atom stereocenters. The average molecular weight is 289 g/mol. The van der Waals surface area contributed by atoms with Gasteiger partial charge in [0, 0.05) is 24.2 Å². The van der Waals surface area contributed by atoms with Crippen molar-refractivity contribution in [1.29, 1.82) is 0 Å². The van der Waals surface area contributed by atoms with Crippen LogP contribution in [0.15, 0.2) is 29.6 Å². The number of aryl methyl sites for hydroxylation is 1. The minimum absolute atomic E-state index is 0.261.